The molecule has 1 N–H and O–H groups in total. The van der Waals surface area contributed by atoms with E-state index in [1.54, 1.807) is 0 Å². The van der Waals surface area contributed by atoms with Crippen LogP contribution in [-0.4, -0.2) is 11.5 Å². The summed E-state index contributed by atoms with van der Waals surface area (Å²) in [6, 6.07) is 8.60. The maximum atomic E-state index is 4.84. The van der Waals surface area contributed by atoms with E-state index in [1.165, 1.54) is 21.7 Å². The van der Waals surface area contributed by atoms with Gasteiger partial charge in [0.1, 0.15) is 5.01 Å². The summed E-state index contributed by atoms with van der Waals surface area (Å²) in [5, 5.41) is 4.56. The molecule has 0 aliphatic rings. The van der Waals surface area contributed by atoms with Crippen molar-refractivity contribution in [2.24, 2.45) is 0 Å². The Bertz CT molecular complexity index is 531. The summed E-state index contributed by atoms with van der Waals surface area (Å²) >= 11 is 1.83. The van der Waals surface area contributed by atoms with Crippen LogP contribution in [0, 0.1) is 6.92 Å². The van der Waals surface area contributed by atoms with Crippen molar-refractivity contribution in [1.29, 1.82) is 0 Å². The van der Waals surface area contributed by atoms with Crippen molar-refractivity contribution in [3.63, 3.8) is 0 Å². The number of nitrogens with zero attached hydrogens (tertiary/aromatic N) is 1. The summed E-state index contributed by atoms with van der Waals surface area (Å²) in [6.07, 6.45) is 2.22. The molecule has 2 rings (SSSR count). The second kappa shape index (κ2) is 6.83. The summed E-state index contributed by atoms with van der Waals surface area (Å²) in [5.74, 6) is 0. The van der Waals surface area contributed by atoms with Gasteiger partial charge in [-0.1, -0.05) is 44.0 Å². The van der Waals surface area contributed by atoms with Crippen LogP contribution < -0.4 is 5.32 Å². The van der Waals surface area contributed by atoms with Gasteiger partial charge in [0.25, 0.3) is 0 Å². The third kappa shape index (κ3) is 3.64. The summed E-state index contributed by atoms with van der Waals surface area (Å²) in [4.78, 5) is 6.23. The molecule has 102 valence electrons. The first-order chi connectivity index (χ1) is 9.24. The van der Waals surface area contributed by atoms with Gasteiger partial charge in [-0.05, 0) is 26.0 Å². The first-order valence-electron chi connectivity index (χ1n) is 7.01. The smallest absolute Gasteiger partial charge is 0.123 e. The molecule has 19 heavy (non-hydrogen) atoms. The Balaban J connectivity index is 2.30. The average Bonchev–Trinajstić information content (AvgIpc) is 2.80. The highest BCUT2D eigenvalue weighted by Crippen LogP contribution is 2.29. The number of rotatable bonds is 6. The highest BCUT2D eigenvalue weighted by molar-refractivity contribution is 7.15. The topological polar surface area (TPSA) is 24.9 Å². The van der Waals surface area contributed by atoms with Gasteiger partial charge in [0.15, 0.2) is 0 Å². The second-order valence-corrected chi connectivity index (χ2v) is 5.87. The van der Waals surface area contributed by atoms with Crippen molar-refractivity contribution in [3.8, 4) is 10.6 Å². The summed E-state index contributed by atoms with van der Waals surface area (Å²) in [7, 11) is 0. The van der Waals surface area contributed by atoms with Crippen molar-refractivity contribution in [2.45, 2.75) is 40.2 Å². The zero-order valence-electron chi connectivity index (χ0n) is 12.0. The zero-order chi connectivity index (χ0) is 13.7. The van der Waals surface area contributed by atoms with E-state index in [2.05, 4.69) is 50.4 Å². The number of thiazole rings is 1. The lowest BCUT2D eigenvalue weighted by Crippen LogP contribution is -2.11. The van der Waals surface area contributed by atoms with Crippen LogP contribution in [0.25, 0.3) is 10.6 Å². The molecule has 0 amide bonds. The van der Waals surface area contributed by atoms with E-state index in [-0.39, 0.29) is 0 Å². The molecule has 1 aromatic heterocycles. The molecule has 2 nitrogen and oxygen atoms in total. The minimum atomic E-state index is 0.940. The molecule has 1 aromatic carbocycles. The molecule has 0 atom stereocenters. The van der Waals surface area contributed by atoms with Crippen LogP contribution >= 0.6 is 11.3 Å². The average molecular weight is 274 g/mol. The molecule has 0 aliphatic heterocycles. The lowest BCUT2D eigenvalue weighted by atomic mass is 10.1. The summed E-state index contributed by atoms with van der Waals surface area (Å²) in [5.41, 5.74) is 3.80. The van der Waals surface area contributed by atoms with Crippen molar-refractivity contribution in [2.75, 3.05) is 6.54 Å². The normalized spacial score (nSPS) is 10.9. The van der Waals surface area contributed by atoms with Crippen molar-refractivity contribution >= 4 is 11.3 Å². The summed E-state index contributed by atoms with van der Waals surface area (Å²) in [6.45, 7) is 8.42. The standard InChI is InChI=1S/C16H22N2S/c1-4-7-14-15(11-17-5-2)19-16(18-14)13-9-6-8-12(3)10-13/h6,8-10,17H,4-5,7,11H2,1-3H3. The van der Waals surface area contributed by atoms with Crippen LogP contribution in [0.4, 0.5) is 0 Å². The molecule has 3 heteroatoms. The van der Waals surface area contributed by atoms with E-state index in [1.807, 2.05) is 11.3 Å². The van der Waals surface area contributed by atoms with Gasteiger partial charge in [0, 0.05) is 17.0 Å². The van der Waals surface area contributed by atoms with Crippen molar-refractivity contribution in [1.82, 2.24) is 10.3 Å². The number of hydrogen-bond donors (Lipinski definition) is 1. The molecule has 0 saturated carbocycles. The number of nitrogens with one attached hydrogen (secondary N) is 1. The third-order valence-electron chi connectivity index (χ3n) is 3.07. The lowest BCUT2D eigenvalue weighted by molar-refractivity contribution is 0.723. The Hall–Kier alpha value is -1.19. The molecule has 1 heterocycles. The molecule has 0 bridgehead atoms. The first-order valence-corrected chi connectivity index (χ1v) is 7.82. The third-order valence-corrected chi connectivity index (χ3v) is 4.21. The number of aromatic nitrogens is 1. The van der Waals surface area contributed by atoms with E-state index in [4.69, 9.17) is 4.98 Å². The van der Waals surface area contributed by atoms with Crippen LogP contribution in [0.2, 0.25) is 0 Å². The summed E-state index contributed by atoms with van der Waals surface area (Å²) < 4.78 is 0. The SMILES string of the molecule is CCCc1nc(-c2cccc(C)c2)sc1CNCC. The number of benzene rings is 1. The minimum absolute atomic E-state index is 0.940. The Labute approximate surface area is 119 Å². The van der Waals surface area contributed by atoms with Crippen LogP contribution in [0.3, 0.4) is 0 Å². The predicted octanol–water partition coefficient (Wildman–Crippen LogP) is 4.18. The van der Waals surface area contributed by atoms with Gasteiger partial charge in [0.2, 0.25) is 0 Å². The molecule has 0 saturated heterocycles. The highest BCUT2D eigenvalue weighted by Gasteiger charge is 2.11. The zero-order valence-corrected chi connectivity index (χ0v) is 12.8. The molecule has 0 spiro atoms. The van der Waals surface area contributed by atoms with Crippen LogP contribution in [0.1, 0.15) is 36.4 Å². The van der Waals surface area contributed by atoms with Crippen LogP contribution in [0.5, 0.6) is 0 Å². The lowest BCUT2D eigenvalue weighted by Gasteiger charge is -2.00. The van der Waals surface area contributed by atoms with Crippen molar-refractivity contribution < 1.29 is 0 Å². The van der Waals surface area contributed by atoms with Gasteiger partial charge >= 0.3 is 0 Å². The second-order valence-electron chi connectivity index (χ2n) is 4.79. The van der Waals surface area contributed by atoms with Crippen molar-refractivity contribution in [3.05, 3.63) is 40.4 Å². The number of hydrogen-bond acceptors (Lipinski definition) is 3. The quantitative estimate of drug-likeness (QED) is 0.854. The van der Waals surface area contributed by atoms with Gasteiger partial charge in [-0.2, -0.15) is 0 Å². The molecule has 0 aliphatic carbocycles. The molecule has 0 fully saturated rings. The van der Waals surface area contributed by atoms with Gasteiger partial charge in [-0.25, -0.2) is 4.98 Å². The number of aryl methyl sites for hydroxylation is 2. The van der Waals surface area contributed by atoms with Crippen LogP contribution in [-0.2, 0) is 13.0 Å². The highest BCUT2D eigenvalue weighted by atomic mass is 32.1. The minimum Gasteiger partial charge on any atom is -0.312 e. The Kier molecular flexibility index (Phi) is 5.11. The predicted molar refractivity (Wildman–Crippen MR) is 83.7 cm³/mol. The molecular formula is C16H22N2S. The van der Waals surface area contributed by atoms with E-state index >= 15 is 0 Å². The first kappa shape index (κ1) is 14.2. The van der Waals surface area contributed by atoms with E-state index in [0.29, 0.717) is 0 Å². The van der Waals surface area contributed by atoms with Gasteiger partial charge in [-0.15, -0.1) is 11.3 Å². The fraction of sp³-hybridized carbons (Fsp3) is 0.438. The largest absolute Gasteiger partial charge is 0.312 e. The van der Waals surface area contributed by atoms with E-state index in [9.17, 15) is 0 Å². The van der Waals surface area contributed by atoms with E-state index < -0.39 is 0 Å². The Morgan fingerprint density at radius 2 is 2.11 bits per heavy atom. The molecule has 2 aromatic rings. The Morgan fingerprint density at radius 1 is 1.26 bits per heavy atom. The maximum absolute atomic E-state index is 4.84. The van der Waals surface area contributed by atoms with Crippen LogP contribution in [0.15, 0.2) is 24.3 Å². The monoisotopic (exact) mass is 274 g/mol. The molecule has 0 radical (unpaired) electrons. The van der Waals surface area contributed by atoms with E-state index in [0.717, 1.165) is 30.9 Å². The maximum Gasteiger partial charge on any atom is 0.123 e. The van der Waals surface area contributed by atoms with Gasteiger partial charge < -0.3 is 5.32 Å². The Morgan fingerprint density at radius 3 is 2.79 bits per heavy atom. The molecular weight excluding hydrogens is 252 g/mol. The van der Waals surface area contributed by atoms with Gasteiger partial charge in [-0.3, -0.25) is 0 Å². The fourth-order valence-electron chi connectivity index (χ4n) is 2.09. The molecule has 0 unspecified atom stereocenters. The van der Waals surface area contributed by atoms with Gasteiger partial charge in [0.05, 0.1) is 5.69 Å². The fourth-order valence-corrected chi connectivity index (χ4v) is 3.17.